The van der Waals surface area contributed by atoms with Gasteiger partial charge in [0.25, 0.3) is 0 Å². The number of ether oxygens (including phenoxy) is 1. The summed E-state index contributed by atoms with van der Waals surface area (Å²) >= 11 is 3.30. The quantitative estimate of drug-likeness (QED) is 0.904. The van der Waals surface area contributed by atoms with Crippen LogP contribution in [0.4, 0.5) is 13.2 Å². The van der Waals surface area contributed by atoms with Crippen molar-refractivity contribution in [2.24, 2.45) is 0 Å². The second-order valence-corrected chi connectivity index (χ2v) is 4.78. The summed E-state index contributed by atoms with van der Waals surface area (Å²) in [5, 5.41) is 2.52. The van der Waals surface area contributed by atoms with Gasteiger partial charge in [-0.1, -0.05) is 15.9 Å². The van der Waals surface area contributed by atoms with Gasteiger partial charge >= 0.3 is 6.18 Å². The van der Waals surface area contributed by atoms with Crippen LogP contribution in [0.2, 0.25) is 0 Å². The van der Waals surface area contributed by atoms with Gasteiger partial charge in [0.15, 0.2) is 0 Å². The second kappa shape index (κ2) is 4.86. The van der Waals surface area contributed by atoms with Crippen LogP contribution in [0.25, 0.3) is 0 Å². The predicted octanol–water partition coefficient (Wildman–Crippen LogP) is 3.42. The highest BCUT2D eigenvalue weighted by molar-refractivity contribution is 9.10. The minimum Gasteiger partial charge on any atom is -0.493 e. The molecule has 1 unspecified atom stereocenters. The summed E-state index contributed by atoms with van der Waals surface area (Å²) in [6, 6.07) is 5.06. The first-order chi connectivity index (χ1) is 7.96. The highest BCUT2D eigenvalue weighted by Crippen LogP contribution is 2.34. The predicted molar refractivity (Wildman–Crippen MR) is 61.1 cm³/mol. The number of rotatable bonds is 2. The van der Waals surface area contributed by atoms with Crippen molar-refractivity contribution in [3.05, 3.63) is 28.2 Å². The van der Waals surface area contributed by atoms with Crippen LogP contribution in [-0.2, 0) is 0 Å². The third-order valence-electron chi connectivity index (χ3n) is 2.56. The van der Waals surface area contributed by atoms with E-state index in [9.17, 15) is 13.2 Å². The lowest BCUT2D eigenvalue weighted by Gasteiger charge is -2.27. The lowest BCUT2D eigenvalue weighted by molar-refractivity contribution is -0.126. The second-order valence-electron chi connectivity index (χ2n) is 3.87. The average Bonchev–Trinajstić information content (AvgIpc) is 2.25. The molecule has 0 bridgehead atoms. The van der Waals surface area contributed by atoms with Gasteiger partial charge in [0, 0.05) is 22.5 Å². The Balaban J connectivity index is 2.14. The molecule has 0 fully saturated rings. The van der Waals surface area contributed by atoms with E-state index in [1.165, 1.54) is 0 Å². The monoisotopic (exact) mass is 309 g/mol. The van der Waals surface area contributed by atoms with Crippen LogP contribution >= 0.6 is 15.9 Å². The highest BCUT2D eigenvalue weighted by atomic mass is 79.9. The lowest BCUT2D eigenvalue weighted by atomic mass is 10.0. The Hall–Kier alpha value is -0.750. The molecule has 1 heterocycles. The molecule has 0 spiro atoms. The zero-order valence-corrected chi connectivity index (χ0v) is 10.4. The van der Waals surface area contributed by atoms with Crippen molar-refractivity contribution >= 4 is 15.9 Å². The molecule has 0 amide bonds. The maximum Gasteiger partial charge on any atom is 0.401 e. The van der Waals surface area contributed by atoms with Gasteiger partial charge in [-0.15, -0.1) is 0 Å². The summed E-state index contributed by atoms with van der Waals surface area (Å²) in [7, 11) is 0. The molecule has 0 saturated carbocycles. The summed E-state index contributed by atoms with van der Waals surface area (Å²) in [6.45, 7) is -0.548. The fourth-order valence-corrected chi connectivity index (χ4v) is 2.20. The number of hydrogen-bond acceptors (Lipinski definition) is 2. The SMILES string of the molecule is FC(F)(F)CNC1CCOc2ccc(Br)cc21. The van der Waals surface area contributed by atoms with Crippen molar-refractivity contribution < 1.29 is 17.9 Å². The van der Waals surface area contributed by atoms with Gasteiger partial charge in [-0.3, -0.25) is 0 Å². The van der Waals surface area contributed by atoms with Crippen LogP contribution in [0, 0.1) is 0 Å². The topological polar surface area (TPSA) is 21.3 Å². The van der Waals surface area contributed by atoms with Crippen molar-refractivity contribution in [3.63, 3.8) is 0 Å². The third kappa shape index (κ3) is 3.35. The first-order valence-corrected chi connectivity index (χ1v) is 5.97. The number of hydrogen-bond donors (Lipinski definition) is 1. The number of benzene rings is 1. The van der Waals surface area contributed by atoms with E-state index in [-0.39, 0.29) is 6.04 Å². The highest BCUT2D eigenvalue weighted by Gasteiger charge is 2.30. The van der Waals surface area contributed by atoms with Crippen LogP contribution in [0.5, 0.6) is 5.75 Å². The molecule has 0 saturated heterocycles. The Morgan fingerprint density at radius 1 is 1.41 bits per heavy atom. The molecule has 0 radical (unpaired) electrons. The molecule has 1 N–H and O–H groups in total. The minimum absolute atomic E-state index is 0.308. The third-order valence-corrected chi connectivity index (χ3v) is 3.05. The van der Waals surface area contributed by atoms with Crippen molar-refractivity contribution in [3.8, 4) is 5.75 Å². The number of fused-ring (bicyclic) bond motifs is 1. The molecule has 17 heavy (non-hydrogen) atoms. The molecule has 1 aromatic rings. The molecule has 2 rings (SSSR count). The molecule has 1 atom stereocenters. The Labute approximate surface area is 105 Å². The first-order valence-electron chi connectivity index (χ1n) is 5.18. The Morgan fingerprint density at radius 3 is 2.88 bits per heavy atom. The molecular formula is C11H11BrF3NO. The number of alkyl halides is 3. The lowest BCUT2D eigenvalue weighted by Crippen LogP contribution is -2.34. The standard InChI is InChI=1S/C11H11BrF3NO/c12-7-1-2-10-8(5-7)9(3-4-17-10)16-6-11(13,14)15/h1-2,5,9,16H,3-4,6H2. The molecule has 0 aromatic heterocycles. The fraction of sp³-hybridized carbons (Fsp3) is 0.455. The van der Waals surface area contributed by atoms with Crippen LogP contribution in [0.1, 0.15) is 18.0 Å². The molecule has 0 aliphatic carbocycles. The van der Waals surface area contributed by atoms with Crippen molar-refractivity contribution in [2.75, 3.05) is 13.2 Å². The van der Waals surface area contributed by atoms with E-state index >= 15 is 0 Å². The first kappa shape index (κ1) is 12.7. The van der Waals surface area contributed by atoms with Crippen molar-refractivity contribution in [2.45, 2.75) is 18.6 Å². The van der Waals surface area contributed by atoms with E-state index in [2.05, 4.69) is 21.2 Å². The van der Waals surface area contributed by atoms with Crippen molar-refractivity contribution in [1.82, 2.24) is 5.32 Å². The van der Waals surface area contributed by atoms with Crippen LogP contribution in [0.3, 0.4) is 0 Å². The van der Waals surface area contributed by atoms with Gasteiger partial charge in [-0.25, -0.2) is 0 Å². The molecular weight excluding hydrogens is 299 g/mol. The summed E-state index contributed by atoms with van der Waals surface area (Å²) in [5.74, 6) is 0.652. The van der Waals surface area contributed by atoms with Gasteiger partial charge in [0.05, 0.1) is 13.2 Å². The number of nitrogens with one attached hydrogen (secondary N) is 1. The van der Waals surface area contributed by atoms with E-state index in [1.54, 1.807) is 12.1 Å². The van der Waals surface area contributed by atoms with Crippen LogP contribution < -0.4 is 10.1 Å². The van der Waals surface area contributed by atoms with Gasteiger partial charge in [0.1, 0.15) is 5.75 Å². The summed E-state index contributed by atoms with van der Waals surface area (Å²) in [5.41, 5.74) is 0.773. The van der Waals surface area contributed by atoms with Gasteiger partial charge < -0.3 is 10.1 Å². The Bertz CT molecular complexity index is 408. The van der Waals surface area contributed by atoms with Crippen LogP contribution in [0.15, 0.2) is 22.7 Å². The minimum atomic E-state index is -4.19. The average molecular weight is 310 g/mol. The van der Waals surface area contributed by atoms with Crippen LogP contribution in [-0.4, -0.2) is 19.3 Å². The molecule has 1 aliphatic heterocycles. The number of halogens is 4. The summed E-state index contributed by atoms with van der Waals surface area (Å²) < 4.78 is 42.7. The van der Waals surface area contributed by atoms with E-state index in [0.717, 1.165) is 10.0 Å². The molecule has 6 heteroatoms. The van der Waals surface area contributed by atoms with E-state index in [1.807, 2.05) is 6.07 Å². The summed E-state index contributed by atoms with van der Waals surface area (Å²) in [4.78, 5) is 0. The molecule has 2 nitrogen and oxygen atoms in total. The maximum absolute atomic E-state index is 12.2. The smallest absolute Gasteiger partial charge is 0.401 e. The van der Waals surface area contributed by atoms with E-state index in [0.29, 0.717) is 18.8 Å². The Morgan fingerprint density at radius 2 is 2.18 bits per heavy atom. The van der Waals surface area contributed by atoms with Gasteiger partial charge in [0.2, 0.25) is 0 Å². The fourth-order valence-electron chi connectivity index (χ4n) is 1.82. The zero-order valence-electron chi connectivity index (χ0n) is 8.85. The van der Waals surface area contributed by atoms with Gasteiger partial charge in [-0.05, 0) is 18.2 Å². The van der Waals surface area contributed by atoms with Gasteiger partial charge in [-0.2, -0.15) is 13.2 Å². The van der Waals surface area contributed by atoms with Crippen molar-refractivity contribution in [1.29, 1.82) is 0 Å². The largest absolute Gasteiger partial charge is 0.493 e. The molecule has 1 aliphatic rings. The Kier molecular flexibility index (Phi) is 3.63. The normalized spacial score (nSPS) is 19.6. The zero-order chi connectivity index (χ0) is 12.5. The molecule has 94 valence electrons. The summed E-state index contributed by atoms with van der Waals surface area (Å²) in [6.07, 6.45) is -3.65. The van der Waals surface area contributed by atoms with E-state index < -0.39 is 12.7 Å². The molecule has 1 aromatic carbocycles. The maximum atomic E-state index is 12.2. The van der Waals surface area contributed by atoms with E-state index in [4.69, 9.17) is 4.74 Å².